The molecule has 1 atom stereocenters. The zero-order valence-electron chi connectivity index (χ0n) is 20.9. The fourth-order valence-electron chi connectivity index (χ4n) is 5.14. The van der Waals surface area contributed by atoms with Gasteiger partial charge in [-0.15, -0.1) is 0 Å². The van der Waals surface area contributed by atoms with Gasteiger partial charge in [0.05, 0.1) is 11.3 Å². The predicted octanol–water partition coefficient (Wildman–Crippen LogP) is 5.99. The largest absolute Gasteiger partial charge is 0.478 e. The normalized spacial score (nSPS) is 15.1. The lowest BCUT2D eigenvalue weighted by molar-refractivity contribution is -0.123. The lowest BCUT2D eigenvalue weighted by atomic mass is 9.78. The van der Waals surface area contributed by atoms with Crippen LogP contribution in [0.2, 0.25) is 5.02 Å². The first-order valence-electron chi connectivity index (χ1n) is 12.0. The molecule has 0 saturated carbocycles. The van der Waals surface area contributed by atoms with Gasteiger partial charge in [-0.25, -0.2) is 13.6 Å². The second-order valence-corrected chi connectivity index (χ2v) is 10.9. The maximum Gasteiger partial charge on any atom is 0.337 e. The van der Waals surface area contributed by atoms with Crippen LogP contribution < -0.4 is 10.6 Å². The highest BCUT2D eigenvalue weighted by Gasteiger charge is 2.47. The summed E-state index contributed by atoms with van der Waals surface area (Å²) >= 11 is 6.22. The average Bonchev–Trinajstić information content (AvgIpc) is 2.83. The first kappa shape index (κ1) is 26.6. The van der Waals surface area contributed by atoms with Gasteiger partial charge in [0.15, 0.2) is 11.6 Å². The van der Waals surface area contributed by atoms with Crippen LogP contribution in [0.25, 0.3) is 0 Å². The minimum absolute atomic E-state index is 0.0129. The molecule has 1 unspecified atom stereocenters. The summed E-state index contributed by atoms with van der Waals surface area (Å²) in [6, 6.07) is 13.9. The summed E-state index contributed by atoms with van der Waals surface area (Å²) < 4.78 is 28.5. The molecule has 3 aromatic rings. The van der Waals surface area contributed by atoms with Crippen LogP contribution in [0.3, 0.4) is 0 Å². The van der Waals surface area contributed by atoms with E-state index in [4.69, 9.17) is 17.3 Å². The third-order valence-corrected chi connectivity index (χ3v) is 7.25. The molecule has 8 heteroatoms. The lowest BCUT2D eigenvalue weighted by Crippen LogP contribution is -2.58. The van der Waals surface area contributed by atoms with Gasteiger partial charge in [0.25, 0.3) is 0 Å². The molecule has 1 heterocycles. The molecular weight excluding hydrogens is 498 g/mol. The molecule has 5 nitrogen and oxygen atoms in total. The number of primary amides is 1. The number of carboxylic acids is 1. The Morgan fingerprint density at radius 2 is 1.65 bits per heavy atom. The van der Waals surface area contributed by atoms with Gasteiger partial charge in [-0.3, -0.25) is 4.79 Å². The number of benzene rings is 3. The first-order chi connectivity index (χ1) is 17.3. The SMILES string of the molecule is CC(C)(C)c1ccc(CC(C(N)=O)(c2ccc(F)c(F)c2)N2CCCc3cc(Cl)cc(C(=O)O)c32)cc1. The molecule has 37 heavy (non-hydrogen) atoms. The van der Waals surface area contributed by atoms with Crippen molar-refractivity contribution in [2.24, 2.45) is 5.73 Å². The fraction of sp³-hybridized carbons (Fsp3) is 0.310. The molecule has 0 radical (unpaired) electrons. The number of hydrogen-bond donors (Lipinski definition) is 2. The molecule has 4 rings (SSSR count). The van der Waals surface area contributed by atoms with Crippen LogP contribution in [0.5, 0.6) is 0 Å². The van der Waals surface area contributed by atoms with Gasteiger partial charge in [0.1, 0.15) is 5.54 Å². The Morgan fingerprint density at radius 3 is 2.22 bits per heavy atom. The fourth-order valence-corrected chi connectivity index (χ4v) is 5.38. The molecule has 1 amide bonds. The van der Waals surface area contributed by atoms with Crippen molar-refractivity contribution in [1.29, 1.82) is 0 Å². The van der Waals surface area contributed by atoms with Gasteiger partial charge in [-0.1, -0.05) is 62.7 Å². The van der Waals surface area contributed by atoms with Crippen molar-refractivity contribution >= 4 is 29.2 Å². The van der Waals surface area contributed by atoms with Crippen LogP contribution in [0.15, 0.2) is 54.6 Å². The number of aromatic carboxylic acids is 1. The van der Waals surface area contributed by atoms with E-state index in [0.717, 1.165) is 23.3 Å². The zero-order valence-corrected chi connectivity index (χ0v) is 21.7. The molecule has 0 fully saturated rings. The molecule has 1 aliphatic heterocycles. The number of amides is 1. The molecule has 0 aromatic heterocycles. The quantitative estimate of drug-likeness (QED) is 0.413. The summed E-state index contributed by atoms with van der Waals surface area (Å²) in [6.45, 7) is 6.53. The van der Waals surface area contributed by atoms with Crippen LogP contribution in [-0.4, -0.2) is 23.5 Å². The van der Waals surface area contributed by atoms with Crippen molar-refractivity contribution in [2.45, 2.75) is 51.0 Å². The van der Waals surface area contributed by atoms with Crippen molar-refractivity contribution < 1.29 is 23.5 Å². The number of hydrogen-bond acceptors (Lipinski definition) is 3. The minimum Gasteiger partial charge on any atom is -0.478 e. The molecule has 0 saturated heterocycles. The van der Waals surface area contributed by atoms with Gasteiger partial charge in [0.2, 0.25) is 5.91 Å². The van der Waals surface area contributed by atoms with E-state index in [9.17, 15) is 23.5 Å². The minimum atomic E-state index is -1.70. The van der Waals surface area contributed by atoms with E-state index in [-0.39, 0.29) is 34.5 Å². The number of fused-ring (bicyclic) bond motifs is 1. The van der Waals surface area contributed by atoms with Crippen LogP contribution in [0.1, 0.15) is 59.8 Å². The Balaban J connectivity index is 1.99. The number of nitrogens with two attached hydrogens (primary N) is 1. The number of carboxylic acid groups (broad SMARTS) is 1. The molecule has 194 valence electrons. The van der Waals surface area contributed by atoms with Gasteiger partial charge in [0, 0.05) is 18.0 Å². The smallest absolute Gasteiger partial charge is 0.337 e. The second kappa shape index (κ2) is 9.78. The van der Waals surface area contributed by atoms with Crippen LogP contribution in [0, 0.1) is 11.6 Å². The highest BCUT2D eigenvalue weighted by atomic mass is 35.5. The topological polar surface area (TPSA) is 83.6 Å². The van der Waals surface area contributed by atoms with Crippen LogP contribution >= 0.6 is 11.6 Å². The highest BCUT2D eigenvalue weighted by molar-refractivity contribution is 6.31. The second-order valence-electron chi connectivity index (χ2n) is 10.5. The van der Waals surface area contributed by atoms with Crippen LogP contribution in [0.4, 0.5) is 14.5 Å². The van der Waals surface area contributed by atoms with Gasteiger partial charge in [-0.05, 0) is 64.8 Å². The Morgan fingerprint density at radius 1 is 1.00 bits per heavy atom. The standard InChI is InChI=1S/C29H29ClF2N2O3/c1-28(2,3)19-8-6-17(7-9-19)16-29(27(33)37,20-10-11-23(31)24(32)14-20)34-12-4-5-18-13-21(30)15-22(25(18)34)26(35)36/h6-11,13-15H,4-5,12,16H2,1-3H3,(H2,33,37)(H,35,36). The lowest BCUT2D eigenvalue weighted by Gasteiger charge is -2.47. The van der Waals surface area contributed by atoms with Crippen LogP contribution in [-0.2, 0) is 28.6 Å². The van der Waals surface area contributed by atoms with Crippen molar-refractivity contribution in [3.05, 3.63) is 99.1 Å². The Kier molecular flexibility index (Phi) is 7.04. The first-order valence-corrected chi connectivity index (χ1v) is 12.4. The summed E-state index contributed by atoms with van der Waals surface area (Å²) in [7, 11) is 0. The van der Waals surface area contributed by atoms with Gasteiger partial charge < -0.3 is 15.7 Å². The van der Waals surface area contributed by atoms with Crippen molar-refractivity contribution in [3.8, 4) is 0 Å². The summed E-state index contributed by atoms with van der Waals surface area (Å²) in [5, 5.41) is 10.3. The number of carbonyl (C=O) groups excluding carboxylic acids is 1. The van der Waals surface area contributed by atoms with E-state index in [0.29, 0.717) is 24.1 Å². The maximum absolute atomic E-state index is 14.6. The average molecular weight is 527 g/mol. The Bertz CT molecular complexity index is 1370. The van der Waals surface area contributed by atoms with E-state index in [1.165, 1.54) is 12.1 Å². The Hall–Kier alpha value is -3.45. The van der Waals surface area contributed by atoms with E-state index in [1.807, 2.05) is 24.3 Å². The van der Waals surface area contributed by atoms with E-state index >= 15 is 0 Å². The highest BCUT2D eigenvalue weighted by Crippen LogP contribution is 2.44. The summed E-state index contributed by atoms with van der Waals surface area (Å²) in [5.74, 6) is -4.21. The summed E-state index contributed by atoms with van der Waals surface area (Å²) in [6.07, 6.45) is 1.13. The molecular formula is C29H29ClF2N2O3. The van der Waals surface area contributed by atoms with Gasteiger partial charge in [-0.2, -0.15) is 0 Å². The van der Waals surface area contributed by atoms with E-state index < -0.39 is 29.0 Å². The number of aryl methyl sites for hydroxylation is 1. The summed E-state index contributed by atoms with van der Waals surface area (Å²) in [5.41, 5.74) is 7.13. The third kappa shape index (κ3) is 4.92. The van der Waals surface area contributed by atoms with Crippen molar-refractivity contribution in [1.82, 2.24) is 0 Å². The molecule has 3 N–H and O–H groups in total. The zero-order chi connectivity index (χ0) is 27.1. The van der Waals surface area contributed by atoms with Gasteiger partial charge >= 0.3 is 5.97 Å². The van der Waals surface area contributed by atoms with E-state index in [1.54, 1.807) is 11.0 Å². The molecule has 3 aromatic carbocycles. The number of halogens is 3. The van der Waals surface area contributed by atoms with Crippen molar-refractivity contribution in [3.63, 3.8) is 0 Å². The predicted molar refractivity (Wildman–Crippen MR) is 140 cm³/mol. The maximum atomic E-state index is 14.6. The summed E-state index contributed by atoms with van der Waals surface area (Å²) in [4.78, 5) is 27.4. The molecule has 1 aliphatic rings. The van der Waals surface area contributed by atoms with Crippen molar-refractivity contribution in [2.75, 3.05) is 11.4 Å². The molecule has 0 spiro atoms. The number of rotatable bonds is 6. The number of nitrogens with zero attached hydrogens (tertiary/aromatic N) is 1. The van der Waals surface area contributed by atoms with E-state index in [2.05, 4.69) is 20.8 Å². The Labute approximate surface area is 219 Å². The molecule has 0 aliphatic carbocycles. The molecule has 0 bridgehead atoms. The monoisotopic (exact) mass is 526 g/mol. The number of carbonyl (C=O) groups is 2. The third-order valence-electron chi connectivity index (χ3n) is 7.03. The number of anilines is 1.